The van der Waals surface area contributed by atoms with Crippen LogP contribution in [0.1, 0.15) is 29.0 Å². The van der Waals surface area contributed by atoms with E-state index in [4.69, 9.17) is 0 Å². The Balaban J connectivity index is 1.38. The molecule has 0 spiro atoms. The molecular weight excluding hydrogens is 492 g/mol. The van der Waals surface area contributed by atoms with Crippen molar-refractivity contribution in [1.29, 1.82) is 0 Å². The first-order valence-corrected chi connectivity index (χ1v) is 10.8. The summed E-state index contributed by atoms with van der Waals surface area (Å²) in [5.41, 5.74) is 2.01. The number of hydrogen-bond acceptors (Lipinski definition) is 2. The zero-order valence-corrected chi connectivity index (χ0v) is 18.2. The summed E-state index contributed by atoms with van der Waals surface area (Å²) in [6.45, 7) is 4.02. The van der Waals surface area contributed by atoms with Crippen molar-refractivity contribution in [2.45, 2.75) is 25.4 Å². The molecule has 2 aromatic rings. The fourth-order valence-electron chi connectivity index (χ4n) is 4.07. The van der Waals surface area contributed by atoms with E-state index in [2.05, 4.69) is 46.9 Å². The number of amides is 1. The van der Waals surface area contributed by atoms with E-state index in [0.29, 0.717) is 37.8 Å². The molecule has 154 valence electrons. The summed E-state index contributed by atoms with van der Waals surface area (Å²) in [6, 6.07) is 12.2. The first kappa shape index (κ1) is 20.5. The second kappa shape index (κ2) is 7.81. The van der Waals surface area contributed by atoms with Crippen molar-refractivity contribution in [3.63, 3.8) is 0 Å². The van der Waals surface area contributed by atoms with Crippen LogP contribution in [-0.4, -0.2) is 37.0 Å². The summed E-state index contributed by atoms with van der Waals surface area (Å²) < 4.78 is 40.3. The lowest BCUT2D eigenvalue weighted by molar-refractivity contribution is -0.137. The van der Waals surface area contributed by atoms with E-state index in [1.54, 1.807) is 0 Å². The second-order valence-electron chi connectivity index (χ2n) is 7.81. The van der Waals surface area contributed by atoms with Gasteiger partial charge in [-0.2, -0.15) is 13.2 Å². The standard InChI is InChI=1S/C22H22F3IN2O/c1-14-2-5-16(22(23,24)25)12-20(14)27-8-10-28(11-9-27)21(29)19-13-18(19)15-3-6-17(26)7-4-15/h2-7,12,18-19H,8-11,13H2,1H3/t18-,19-/m0/s1. The minimum absolute atomic E-state index is 0.0388. The zero-order chi connectivity index (χ0) is 20.8. The number of carbonyl (C=O) groups is 1. The summed E-state index contributed by atoms with van der Waals surface area (Å²) in [4.78, 5) is 16.7. The average molecular weight is 514 g/mol. The molecule has 7 heteroatoms. The molecule has 4 rings (SSSR count). The smallest absolute Gasteiger partial charge is 0.368 e. The Bertz CT molecular complexity index is 905. The van der Waals surface area contributed by atoms with Crippen LogP contribution < -0.4 is 4.90 Å². The van der Waals surface area contributed by atoms with Gasteiger partial charge in [0.05, 0.1) is 5.56 Å². The number of halogens is 4. The average Bonchev–Trinajstić information content (AvgIpc) is 3.48. The van der Waals surface area contributed by atoms with Crippen LogP contribution in [0.3, 0.4) is 0 Å². The molecule has 29 heavy (non-hydrogen) atoms. The van der Waals surface area contributed by atoms with Gasteiger partial charge in [-0.1, -0.05) is 18.2 Å². The minimum atomic E-state index is -4.35. The van der Waals surface area contributed by atoms with Gasteiger partial charge in [-0.25, -0.2) is 0 Å². The molecule has 3 nitrogen and oxygen atoms in total. The largest absolute Gasteiger partial charge is 0.416 e. The molecule has 2 atom stereocenters. The minimum Gasteiger partial charge on any atom is -0.368 e. The molecular formula is C22H22F3IN2O. The normalized spacial score (nSPS) is 22.0. The van der Waals surface area contributed by atoms with Gasteiger partial charge in [0, 0.05) is 41.4 Å². The fraction of sp³-hybridized carbons (Fsp3) is 0.409. The highest BCUT2D eigenvalue weighted by Gasteiger charge is 2.46. The van der Waals surface area contributed by atoms with Crippen molar-refractivity contribution in [1.82, 2.24) is 4.90 Å². The quantitative estimate of drug-likeness (QED) is 0.535. The van der Waals surface area contributed by atoms with E-state index in [-0.39, 0.29) is 11.8 Å². The highest BCUT2D eigenvalue weighted by atomic mass is 127. The number of alkyl halides is 3. The fourth-order valence-corrected chi connectivity index (χ4v) is 4.43. The monoisotopic (exact) mass is 514 g/mol. The van der Waals surface area contributed by atoms with Crippen LogP contribution in [0.2, 0.25) is 0 Å². The molecule has 2 aromatic carbocycles. The van der Waals surface area contributed by atoms with Crippen molar-refractivity contribution in [3.05, 3.63) is 62.7 Å². The predicted octanol–water partition coefficient (Wildman–Crippen LogP) is 5.07. The molecule has 1 saturated carbocycles. The van der Waals surface area contributed by atoms with Gasteiger partial charge in [-0.3, -0.25) is 4.79 Å². The maximum atomic E-state index is 13.1. The van der Waals surface area contributed by atoms with Crippen molar-refractivity contribution in [2.24, 2.45) is 5.92 Å². The van der Waals surface area contributed by atoms with E-state index in [0.717, 1.165) is 18.1 Å². The predicted molar refractivity (Wildman–Crippen MR) is 115 cm³/mol. The maximum absolute atomic E-state index is 13.1. The second-order valence-corrected chi connectivity index (χ2v) is 9.06. The van der Waals surface area contributed by atoms with Crippen LogP contribution in [0.5, 0.6) is 0 Å². The number of benzene rings is 2. The molecule has 1 saturated heterocycles. The number of carbonyl (C=O) groups excluding carboxylic acids is 1. The lowest BCUT2D eigenvalue weighted by Crippen LogP contribution is -2.49. The van der Waals surface area contributed by atoms with Crippen LogP contribution in [0.25, 0.3) is 0 Å². The highest BCUT2D eigenvalue weighted by molar-refractivity contribution is 14.1. The Labute approximate surface area is 182 Å². The van der Waals surface area contributed by atoms with E-state index in [1.807, 2.05) is 16.7 Å². The molecule has 1 amide bonds. The third-order valence-corrected chi connectivity index (χ3v) is 6.59. The Morgan fingerprint density at radius 3 is 2.31 bits per heavy atom. The maximum Gasteiger partial charge on any atom is 0.416 e. The zero-order valence-electron chi connectivity index (χ0n) is 16.0. The van der Waals surface area contributed by atoms with Gasteiger partial charge in [-0.15, -0.1) is 0 Å². The SMILES string of the molecule is Cc1ccc(C(F)(F)F)cc1N1CCN(C(=O)[C@H]2C[C@H]2c2ccc(I)cc2)CC1. The lowest BCUT2D eigenvalue weighted by atomic mass is 10.1. The van der Waals surface area contributed by atoms with Gasteiger partial charge in [0.15, 0.2) is 0 Å². The van der Waals surface area contributed by atoms with Crippen LogP contribution in [-0.2, 0) is 11.0 Å². The summed E-state index contributed by atoms with van der Waals surface area (Å²) in [6.07, 6.45) is -3.47. The first-order chi connectivity index (χ1) is 13.7. The van der Waals surface area contributed by atoms with Crippen molar-refractivity contribution in [2.75, 3.05) is 31.1 Å². The van der Waals surface area contributed by atoms with Crippen molar-refractivity contribution < 1.29 is 18.0 Å². The molecule has 2 fully saturated rings. The lowest BCUT2D eigenvalue weighted by Gasteiger charge is -2.37. The van der Waals surface area contributed by atoms with Crippen LogP contribution >= 0.6 is 22.6 Å². The van der Waals surface area contributed by atoms with Crippen molar-refractivity contribution in [3.8, 4) is 0 Å². The van der Waals surface area contributed by atoms with E-state index < -0.39 is 11.7 Å². The van der Waals surface area contributed by atoms with Crippen LogP contribution in [0.4, 0.5) is 18.9 Å². The van der Waals surface area contributed by atoms with Gasteiger partial charge in [0.2, 0.25) is 5.91 Å². The van der Waals surface area contributed by atoms with Crippen LogP contribution in [0.15, 0.2) is 42.5 Å². The summed E-state index contributed by atoms with van der Waals surface area (Å²) in [7, 11) is 0. The molecule has 0 unspecified atom stereocenters. The third-order valence-electron chi connectivity index (χ3n) is 5.87. The number of rotatable bonds is 3. The summed E-state index contributed by atoms with van der Waals surface area (Å²) >= 11 is 2.27. The molecule has 1 aliphatic carbocycles. The summed E-state index contributed by atoms with van der Waals surface area (Å²) in [5.74, 6) is 0.508. The Morgan fingerprint density at radius 2 is 1.69 bits per heavy atom. The Morgan fingerprint density at radius 1 is 1.03 bits per heavy atom. The number of hydrogen-bond donors (Lipinski definition) is 0. The topological polar surface area (TPSA) is 23.6 Å². The van der Waals surface area contributed by atoms with E-state index >= 15 is 0 Å². The Hall–Kier alpha value is -1.77. The number of anilines is 1. The van der Waals surface area contributed by atoms with Gasteiger partial charge >= 0.3 is 6.18 Å². The highest BCUT2D eigenvalue weighted by Crippen LogP contribution is 2.48. The number of nitrogens with zero attached hydrogens (tertiary/aromatic N) is 2. The van der Waals surface area contributed by atoms with Gasteiger partial charge in [-0.05, 0) is 77.2 Å². The van der Waals surface area contributed by atoms with Crippen molar-refractivity contribution >= 4 is 34.2 Å². The molecule has 1 heterocycles. The van der Waals surface area contributed by atoms with Gasteiger partial charge < -0.3 is 9.80 Å². The first-order valence-electron chi connectivity index (χ1n) is 9.71. The molecule has 0 aromatic heterocycles. The summed E-state index contributed by atoms with van der Waals surface area (Å²) in [5, 5.41) is 0. The van der Waals surface area contributed by atoms with Gasteiger partial charge in [0.1, 0.15) is 0 Å². The van der Waals surface area contributed by atoms with Gasteiger partial charge in [0.25, 0.3) is 0 Å². The number of piperazine rings is 1. The van der Waals surface area contributed by atoms with Crippen LogP contribution in [0, 0.1) is 16.4 Å². The Kier molecular flexibility index (Phi) is 5.52. The van der Waals surface area contributed by atoms with E-state index in [1.165, 1.54) is 21.3 Å². The molecule has 0 radical (unpaired) electrons. The third kappa shape index (κ3) is 4.39. The number of aryl methyl sites for hydroxylation is 1. The molecule has 1 aliphatic heterocycles. The molecule has 0 N–H and O–H groups in total. The molecule has 0 bridgehead atoms. The van der Waals surface area contributed by atoms with E-state index in [9.17, 15) is 18.0 Å². The molecule has 2 aliphatic rings.